The lowest BCUT2D eigenvalue weighted by atomic mass is 9.86. The van der Waals surface area contributed by atoms with Crippen molar-refractivity contribution in [3.63, 3.8) is 0 Å². The number of benzene rings is 1. The van der Waals surface area contributed by atoms with E-state index in [1.54, 1.807) is 0 Å². The SMILES string of the molecule is CCN(C1CCCCC1)C1(CN)Cc2ccccc2C1. The van der Waals surface area contributed by atoms with E-state index in [4.69, 9.17) is 5.73 Å². The third kappa shape index (κ3) is 2.40. The normalized spacial score (nSPS) is 22.1. The number of likely N-dealkylation sites (N-methyl/N-ethyl adjacent to an activating group) is 1. The summed E-state index contributed by atoms with van der Waals surface area (Å²) >= 11 is 0. The standard InChI is InChI=1S/C18H28N2/c1-2-20(17-10-4-3-5-11-17)18(14-19)12-15-8-6-7-9-16(15)13-18/h6-9,17H,2-5,10-14,19H2,1H3. The van der Waals surface area contributed by atoms with Gasteiger partial charge >= 0.3 is 0 Å². The summed E-state index contributed by atoms with van der Waals surface area (Å²) in [7, 11) is 0. The molecule has 20 heavy (non-hydrogen) atoms. The van der Waals surface area contributed by atoms with Crippen molar-refractivity contribution < 1.29 is 0 Å². The zero-order valence-corrected chi connectivity index (χ0v) is 12.8. The van der Waals surface area contributed by atoms with E-state index in [1.807, 2.05) is 0 Å². The number of nitrogens with zero attached hydrogens (tertiary/aromatic N) is 1. The lowest BCUT2D eigenvalue weighted by Gasteiger charge is -2.46. The molecule has 0 bridgehead atoms. The van der Waals surface area contributed by atoms with E-state index in [0.717, 1.165) is 32.0 Å². The van der Waals surface area contributed by atoms with Crippen LogP contribution in [0.15, 0.2) is 24.3 Å². The minimum atomic E-state index is 0.181. The third-order valence-corrected chi connectivity index (χ3v) is 5.50. The second kappa shape index (κ2) is 5.87. The summed E-state index contributed by atoms with van der Waals surface area (Å²) in [5, 5.41) is 0. The molecule has 1 aromatic rings. The van der Waals surface area contributed by atoms with Crippen LogP contribution >= 0.6 is 0 Å². The first kappa shape index (κ1) is 14.1. The fraction of sp³-hybridized carbons (Fsp3) is 0.667. The Morgan fingerprint density at radius 3 is 2.20 bits per heavy atom. The van der Waals surface area contributed by atoms with Crippen LogP contribution in [0.2, 0.25) is 0 Å². The van der Waals surface area contributed by atoms with Gasteiger partial charge in [0.25, 0.3) is 0 Å². The van der Waals surface area contributed by atoms with Crippen LogP contribution in [0.25, 0.3) is 0 Å². The lowest BCUT2D eigenvalue weighted by molar-refractivity contribution is 0.0415. The first-order chi connectivity index (χ1) is 9.79. The number of hydrogen-bond acceptors (Lipinski definition) is 2. The second-order valence-corrected chi connectivity index (χ2v) is 6.63. The van der Waals surface area contributed by atoms with Gasteiger partial charge in [-0.15, -0.1) is 0 Å². The Balaban J connectivity index is 1.85. The maximum absolute atomic E-state index is 6.29. The Hall–Kier alpha value is -0.860. The zero-order valence-electron chi connectivity index (χ0n) is 12.8. The molecule has 0 spiro atoms. The molecule has 0 unspecified atom stereocenters. The van der Waals surface area contributed by atoms with E-state index < -0.39 is 0 Å². The van der Waals surface area contributed by atoms with Crippen LogP contribution in [-0.2, 0) is 12.8 Å². The average Bonchev–Trinajstić information content (AvgIpc) is 2.88. The number of fused-ring (bicyclic) bond motifs is 1. The molecule has 0 amide bonds. The predicted molar refractivity (Wildman–Crippen MR) is 84.9 cm³/mol. The predicted octanol–water partition coefficient (Wildman–Crippen LogP) is 3.14. The van der Waals surface area contributed by atoms with Gasteiger partial charge in [-0.25, -0.2) is 0 Å². The van der Waals surface area contributed by atoms with Crippen molar-refractivity contribution in [1.29, 1.82) is 0 Å². The highest BCUT2D eigenvalue weighted by Crippen LogP contribution is 2.37. The van der Waals surface area contributed by atoms with Gasteiger partial charge < -0.3 is 5.73 Å². The lowest BCUT2D eigenvalue weighted by Crippen LogP contribution is -2.58. The summed E-state index contributed by atoms with van der Waals surface area (Å²) in [4.78, 5) is 2.76. The molecule has 0 heterocycles. The molecule has 2 aliphatic carbocycles. The molecule has 3 rings (SSSR count). The summed E-state index contributed by atoms with van der Waals surface area (Å²) in [6.45, 7) is 4.23. The van der Waals surface area contributed by atoms with E-state index in [2.05, 4.69) is 36.1 Å². The Morgan fingerprint density at radius 1 is 1.10 bits per heavy atom. The molecule has 1 aromatic carbocycles. The molecule has 0 aromatic heterocycles. The van der Waals surface area contributed by atoms with Crippen molar-refractivity contribution in [2.45, 2.75) is 63.5 Å². The number of rotatable bonds is 4. The van der Waals surface area contributed by atoms with Gasteiger partial charge in [-0.05, 0) is 43.4 Å². The largest absolute Gasteiger partial charge is 0.329 e. The van der Waals surface area contributed by atoms with Crippen molar-refractivity contribution >= 4 is 0 Å². The van der Waals surface area contributed by atoms with Crippen LogP contribution in [0.1, 0.15) is 50.2 Å². The van der Waals surface area contributed by atoms with E-state index >= 15 is 0 Å². The molecule has 0 aliphatic heterocycles. The van der Waals surface area contributed by atoms with Gasteiger partial charge in [-0.2, -0.15) is 0 Å². The molecular weight excluding hydrogens is 244 g/mol. The van der Waals surface area contributed by atoms with E-state index in [-0.39, 0.29) is 5.54 Å². The van der Waals surface area contributed by atoms with Gasteiger partial charge in [0.2, 0.25) is 0 Å². The fourth-order valence-electron chi connectivity index (χ4n) is 4.51. The zero-order chi connectivity index (χ0) is 14.0. The molecule has 1 saturated carbocycles. The van der Waals surface area contributed by atoms with Gasteiger partial charge in [0.15, 0.2) is 0 Å². The first-order valence-corrected chi connectivity index (χ1v) is 8.33. The number of hydrogen-bond donors (Lipinski definition) is 1. The van der Waals surface area contributed by atoms with Gasteiger partial charge in [-0.3, -0.25) is 4.90 Å². The van der Waals surface area contributed by atoms with Crippen LogP contribution in [0, 0.1) is 0 Å². The fourth-order valence-corrected chi connectivity index (χ4v) is 4.51. The quantitative estimate of drug-likeness (QED) is 0.912. The van der Waals surface area contributed by atoms with Gasteiger partial charge in [-0.1, -0.05) is 50.5 Å². The minimum Gasteiger partial charge on any atom is -0.329 e. The molecule has 0 saturated heterocycles. The van der Waals surface area contributed by atoms with Crippen molar-refractivity contribution in [1.82, 2.24) is 4.90 Å². The van der Waals surface area contributed by atoms with Crippen molar-refractivity contribution in [2.24, 2.45) is 5.73 Å². The Kier molecular flexibility index (Phi) is 4.13. The summed E-state index contributed by atoms with van der Waals surface area (Å²) in [5.74, 6) is 0. The highest BCUT2D eigenvalue weighted by molar-refractivity contribution is 5.36. The Labute approximate surface area is 123 Å². The summed E-state index contributed by atoms with van der Waals surface area (Å²) in [6.07, 6.45) is 9.24. The summed E-state index contributed by atoms with van der Waals surface area (Å²) in [6, 6.07) is 9.68. The van der Waals surface area contributed by atoms with Crippen LogP contribution in [-0.4, -0.2) is 29.6 Å². The maximum Gasteiger partial charge on any atom is 0.0415 e. The maximum atomic E-state index is 6.29. The van der Waals surface area contributed by atoms with Gasteiger partial charge in [0.1, 0.15) is 0 Å². The topological polar surface area (TPSA) is 29.3 Å². The number of nitrogens with two attached hydrogens (primary N) is 1. The molecule has 2 N–H and O–H groups in total. The van der Waals surface area contributed by atoms with E-state index in [1.165, 1.54) is 43.2 Å². The van der Waals surface area contributed by atoms with Crippen molar-refractivity contribution in [3.05, 3.63) is 35.4 Å². The van der Waals surface area contributed by atoms with Crippen LogP contribution < -0.4 is 5.73 Å². The van der Waals surface area contributed by atoms with E-state index in [9.17, 15) is 0 Å². The van der Waals surface area contributed by atoms with Gasteiger partial charge in [0.05, 0.1) is 0 Å². The van der Waals surface area contributed by atoms with E-state index in [0.29, 0.717) is 0 Å². The highest BCUT2D eigenvalue weighted by Gasteiger charge is 2.43. The monoisotopic (exact) mass is 272 g/mol. The molecule has 110 valence electrons. The van der Waals surface area contributed by atoms with Crippen LogP contribution in [0.4, 0.5) is 0 Å². The summed E-state index contributed by atoms with van der Waals surface area (Å²) < 4.78 is 0. The first-order valence-electron chi connectivity index (χ1n) is 8.33. The third-order valence-electron chi connectivity index (χ3n) is 5.50. The molecule has 2 aliphatic rings. The van der Waals surface area contributed by atoms with Crippen LogP contribution in [0.5, 0.6) is 0 Å². The Bertz CT molecular complexity index is 423. The molecule has 2 heteroatoms. The molecular formula is C18H28N2. The molecule has 2 nitrogen and oxygen atoms in total. The summed E-state index contributed by atoms with van der Waals surface area (Å²) in [5.41, 5.74) is 9.51. The second-order valence-electron chi connectivity index (χ2n) is 6.63. The van der Waals surface area contributed by atoms with Gasteiger partial charge in [0, 0.05) is 18.1 Å². The Morgan fingerprint density at radius 2 is 1.70 bits per heavy atom. The molecule has 1 fully saturated rings. The van der Waals surface area contributed by atoms with Crippen LogP contribution in [0.3, 0.4) is 0 Å². The van der Waals surface area contributed by atoms with Crippen molar-refractivity contribution in [2.75, 3.05) is 13.1 Å². The molecule has 0 atom stereocenters. The average molecular weight is 272 g/mol. The smallest absolute Gasteiger partial charge is 0.0415 e. The van der Waals surface area contributed by atoms with Crippen molar-refractivity contribution in [3.8, 4) is 0 Å². The minimum absolute atomic E-state index is 0.181. The highest BCUT2D eigenvalue weighted by atomic mass is 15.2. The molecule has 0 radical (unpaired) electrons.